The number of halogens is 3. The Morgan fingerprint density at radius 3 is 2.54 bits per heavy atom. The van der Waals surface area contributed by atoms with E-state index >= 15 is 0 Å². The van der Waals surface area contributed by atoms with Crippen LogP contribution in [0.1, 0.15) is 51.2 Å². The maximum absolute atomic E-state index is 13.9. The van der Waals surface area contributed by atoms with Crippen LogP contribution >= 0.6 is 12.2 Å². The van der Waals surface area contributed by atoms with Crippen LogP contribution in [0.4, 0.5) is 24.7 Å². The second-order valence-electron chi connectivity index (χ2n) is 8.60. The number of aromatic nitrogens is 2. The molecule has 0 saturated heterocycles. The molecule has 0 unspecified atom stereocenters. The van der Waals surface area contributed by atoms with Crippen molar-refractivity contribution in [2.45, 2.75) is 45.5 Å². The lowest BCUT2D eigenvalue weighted by Gasteiger charge is -2.33. The normalized spacial score (nSPS) is 17.2. The molecule has 2 heterocycles. The number of aryl methyl sites for hydroxylation is 3. The van der Waals surface area contributed by atoms with Gasteiger partial charge in [-0.3, -0.25) is 15.6 Å². The Morgan fingerprint density at radius 2 is 1.86 bits per heavy atom. The number of nitrogens with one attached hydrogen (secondary N) is 4. The van der Waals surface area contributed by atoms with E-state index in [2.05, 4.69) is 26.6 Å². The highest BCUT2D eigenvalue weighted by atomic mass is 32.1. The van der Waals surface area contributed by atoms with Gasteiger partial charge in [-0.15, -0.1) is 0 Å². The molecule has 184 valence electrons. The van der Waals surface area contributed by atoms with E-state index in [9.17, 15) is 18.0 Å². The molecular weight excluding hydrogens is 477 g/mol. The van der Waals surface area contributed by atoms with Gasteiger partial charge in [-0.2, -0.15) is 18.3 Å². The molecule has 0 radical (unpaired) electrons. The van der Waals surface area contributed by atoms with Gasteiger partial charge in [-0.05, 0) is 67.4 Å². The zero-order chi connectivity index (χ0) is 25.3. The van der Waals surface area contributed by atoms with E-state index in [1.165, 1.54) is 6.07 Å². The van der Waals surface area contributed by atoms with Gasteiger partial charge in [0, 0.05) is 18.2 Å². The van der Waals surface area contributed by atoms with Crippen molar-refractivity contribution in [3.8, 4) is 0 Å². The molecule has 0 saturated carbocycles. The number of anilines is 2. The lowest BCUT2D eigenvalue weighted by Crippen LogP contribution is -2.44. The smallest absolute Gasteiger partial charge is 0.363 e. The molecule has 0 fully saturated rings. The largest absolute Gasteiger partial charge is 0.410 e. The molecule has 1 amide bonds. The number of carbonyl (C=O) groups excluding carboxylic acids is 1. The van der Waals surface area contributed by atoms with Crippen molar-refractivity contribution in [1.29, 1.82) is 0 Å². The molecule has 1 aliphatic heterocycles. The molecule has 1 aromatic heterocycles. The van der Waals surface area contributed by atoms with Gasteiger partial charge in [0.15, 0.2) is 16.8 Å². The lowest BCUT2D eigenvalue weighted by atomic mass is 9.94. The fourth-order valence-corrected chi connectivity index (χ4v) is 4.12. The van der Waals surface area contributed by atoms with E-state index in [0.717, 1.165) is 32.6 Å². The van der Waals surface area contributed by atoms with Crippen LogP contribution in [-0.2, 0) is 0 Å². The van der Waals surface area contributed by atoms with Crippen LogP contribution in [0.25, 0.3) is 0 Å². The van der Waals surface area contributed by atoms with E-state index in [1.807, 2.05) is 57.2 Å². The Kier molecular flexibility index (Phi) is 6.70. The lowest BCUT2D eigenvalue weighted by molar-refractivity contribution is -0.173. The average Bonchev–Trinajstić information content (AvgIpc) is 3.22. The van der Waals surface area contributed by atoms with Crippen LogP contribution in [0.2, 0.25) is 0 Å². The van der Waals surface area contributed by atoms with Gasteiger partial charge < -0.3 is 10.6 Å². The fourth-order valence-electron chi connectivity index (χ4n) is 3.95. The zero-order valence-corrected chi connectivity index (χ0v) is 20.1. The number of fused-ring (bicyclic) bond motifs is 1. The third-order valence-electron chi connectivity index (χ3n) is 5.92. The van der Waals surface area contributed by atoms with E-state index in [1.54, 1.807) is 6.07 Å². The number of hydrogen-bond acceptors (Lipinski definition) is 4. The predicted molar refractivity (Wildman–Crippen MR) is 132 cm³/mol. The van der Waals surface area contributed by atoms with Gasteiger partial charge in [0.1, 0.15) is 5.82 Å². The molecular formula is C24H25F3N6OS. The highest BCUT2D eigenvalue weighted by Crippen LogP contribution is 2.43. The van der Waals surface area contributed by atoms with Crippen molar-refractivity contribution in [3.05, 3.63) is 76.5 Å². The van der Waals surface area contributed by atoms with Gasteiger partial charge in [0.2, 0.25) is 0 Å². The number of thiocarbonyl (C=S) groups is 1. The van der Waals surface area contributed by atoms with Gasteiger partial charge in [0.25, 0.3) is 5.91 Å². The molecule has 3 aromatic rings. The Labute approximate surface area is 206 Å². The Hall–Kier alpha value is -3.60. The molecule has 0 aliphatic carbocycles. The number of benzene rings is 2. The Bertz CT molecular complexity index is 1270. The molecule has 2 atom stereocenters. The summed E-state index contributed by atoms with van der Waals surface area (Å²) in [5, 5.41) is 10.1. The maximum Gasteiger partial charge on any atom is 0.410 e. The number of rotatable bonds is 3. The first-order valence-electron chi connectivity index (χ1n) is 10.9. The quantitative estimate of drug-likeness (QED) is 0.295. The average molecular weight is 503 g/mol. The molecule has 0 bridgehead atoms. The summed E-state index contributed by atoms with van der Waals surface area (Å²) in [6.07, 6.45) is -4.78. The summed E-state index contributed by atoms with van der Waals surface area (Å²) in [6.45, 7) is 5.79. The van der Waals surface area contributed by atoms with E-state index in [0.29, 0.717) is 0 Å². The van der Waals surface area contributed by atoms with Gasteiger partial charge in [-0.1, -0.05) is 30.3 Å². The zero-order valence-electron chi connectivity index (χ0n) is 19.3. The molecule has 2 aromatic carbocycles. The summed E-state index contributed by atoms with van der Waals surface area (Å²) in [7, 11) is 0. The number of nitrogens with zero attached hydrogens (tertiary/aromatic N) is 2. The molecule has 0 spiro atoms. The molecule has 4 N–H and O–H groups in total. The standard InChI is InChI=1S/C24H25F3N6OS/c1-13-5-4-6-17(9-13)28-23(35)31-30-22(34)19-12-21-29-18(16-8-7-14(2)15(3)10-16)11-20(24(25,26)27)33(21)32-19/h4-10,12,18,20,29H,11H2,1-3H3,(H,30,34)(H2,28,31,35)/t18-,20-/m0/s1. The van der Waals surface area contributed by atoms with E-state index < -0.39 is 24.2 Å². The number of alkyl halides is 3. The van der Waals surface area contributed by atoms with Gasteiger partial charge >= 0.3 is 6.18 Å². The van der Waals surface area contributed by atoms with Crippen LogP contribution < -0.4 is 21.5 Å². The Morgan fingerprint density at radius 1 is 1.09 bits per heavy atom. The maximum atomic E-state index is 13.9. The summed E-state index contributed by atoms with van der Waals surface area (Å²) in [5.74, 6) is -0.599. The third kappa shape index (κ3) is 5.56. The molecule has 35 heavy (non-hydrogen) atoms. The van der Waals surface area contributed by atoms with Crippen LogP contribution in [0.5, 0.6) is 0 Å². The summed E-state index contributed by atoms with van der Waals surface area (Å²) >= 11 is 5.17. The van der Waals surface area contributed by atoms with Gasteiger partial charge in [0.05, 0.1) is 6.04 Å². The number of hydrogen-bond donors (Lipinski definition) is 4. The summed E-state index contributed by atoms with van der Waals surface area (Å²) in [4.78, 5) is 12.6. The third-order valence-corrected chi connectivity index (χ3v) is 6.13. The SMILES string of the molecule is Cc1cccc(NC(=S)NNC(=O)c2cc3n(n2)[C@H](C(F)(F)F)C[C@@H](c2ccc(C)c(C)c2)N3)c1. The minimum Gasteiger partial charge on any atom is -0.363 e. The number of carbonyl (C=O) groups is 1. The van der Waals surface area contributed by atoms with Crippen LogP contribution in [-0.4, -0.2) is 27.0 Å². The van der Waals surface area contributed by atoms with E-state index in [-0.39, 0.29) is 23.0 Å². The van der Waals surface area contributed by atoms with Crippen molar-refractivity contribution >= 4 is 34.7 Å². The monoisotopic (exact) mass is 502 g/mol. The van der Waals surface area contributed by atoms with Crippen LogP contribution in [0.15, 0.2) is 48.5 Å². The highest BCUT2D eigenvalue weighted by molar-refractivity contribution is 7.80. The van der Waals surface area contributed by atoms with E-state index in [4.69, 9.17) is 12.2 Å². The minimum atomic E-state index is -4.54. The van der Waals surface area contributed by atoms with Crippen molar-refractivity contribution in [2.75, 3.05) is 10.6 Å². The first kappa shape index (κ1) is 24.5. The minimum absolute atomic E-state index is 0.118. The second-order valence-corrected chi connectivity index (χ2v) is 9.00. The number of amides is 1. The number of hydrazine groups is 1. The topological polar surface area (TPSA) is 83.0 Å². The van der Waals surface area contributed by atoms with Crippen molar-refractivity contribution in [2.24, 2.45) is 0 Å². The molecule has 1 aliphatic rings. The first-order chi connectivity index (χ1) is 16.5. The summed E-state index contributed by atoms with van der Waals surface area (Å²) < 4.78 is 42.6. The van der Waals surface area contributed by atoms with Crippen molar-refractivity contribution in [3.63, 3.8) is 0 Å². The Balaban J connectivity index is 1.49. The fraction of sp³-hybridized carbons (Fsp3) is 0.292. The first-order valence-corrected chi connectivity index (χ1v) is 11.4. The van der Waals surface area contributed by atoms with Crippen molar-refractivity contribution in [1.82, 2.24) is 20.6 Å². The predicted octanol–water partition coefficient (Wildman–Crippen LogP) is 5.10. The van der Waals surface area contributed by atoms with Gasteiger partial charge in [-0.25, -0.2) is 4.68 Å². The summed E-state index contributed by atoms with van der Waals surface area (Å²) in [5.41, 5.74) is 9.30. The van der Waals surface area contributed by atoms with Crippen LogP contribution in [0.3, 0.4) is 0 Å². The molecule has 11 heteroatoms. The van der Waals surface area contributed by atoms with Crippen molar-refractivity contribution < 1.29 is 18.0 Å². The highest BCUT2D eigenvalue weighted by Gasteiger charge is 2.46. The molecule has 4 rings (SSSR count). The summed E-state index contributed by atoms with van der Waals surface area (Å²) in [6, 6.07) is 11.9. The van der Waals surface area contributed by atoms with Crippen LogP contribution in [0, 0.1) is 20.8 Å². The molecule has 7 nitrogen and oxygen atoms in total. The second kappa shape index (κ2) is 9.57.